The molecule has 2 rings (SSSR count). The van der Waals surface area contributed by atoms with Gasteiger partial charge >= 0.3 is 0 Å². The van der Waals surface area contributed by atoms with Crippen molar-refractivity contribution in [2.24, 2.45) is 5.73 Å². The van der Waals surface area contributed by atoms with Gasteiger partial charge in [0.05, 0.1) is 6.10 Å². The van der Waals surface area contributed by atoms with Gasteiger partial charge < -0.3 is 10.8 Å². The Balaban J connectivity index is 0.000000980. The molecule has 0 radical (unpaired) electrons. The lowest BCUT2D eigenvalue weighted by Crippen LogP contribution is -2.51. The van der Waals surface area contributed by atoms with E-state index in [-0.39, 0.29) is 24.0 Å². The SMILES string of the molecule is Cl.NC1(c2ccc(Br)cc2)CC(O)C1. The predicted octanol–water partition coefficient (Wildman–Crippen LogP) is 2.18. The molecular formula is C10H13BrClNO. The number of aliphatic hydroxyl groups is 1. The molecule has 0 unspecified atom stereocenters. The Morgan fingerprint density at radius 3 is 2.21 bits per heavy atom. The Morgan fingerprint density at radius 2 is 1.79 bits per heavy atom. The number of benzene rings is 1. The molecule has 2 nitrogen and oxygen atoms in total. The molecule has 1 aliphatic carbocycles. The highest BCUT2D eigenvalue weighted by atomic mass is 79.9. The first-order valence-corrected chi connectivity index (χ1v) is 5.12. The zero-order valence-corrected chi connectivity index (χ0v) is 10.0. The molecule has 0 amide bonds. The van der Waals surface area contributed by atoms with Crippen LogP contribution < -0.4 is 5.73 Å². The van der Waals surface area contributed by atoms with E-state index in [1.54, 1.807) is 0 Å². The molecule has 78 valence electrons. The second-order valence-electron chi connectivity index (χ2n) is 3.73. The van der Waals surface area contributed by atoms with E-state index in [0.29, 0.717) is 12.8 Å². The highest BCUT2D eigenvalue weighted by molar-refractivity contribution is 9.10. The highest BCUT2D eigenvalue weighted by Crippen LogP contribution is 2.39. The first kappa shape index (κ1) is 12.0. The molecule has 4 heteroatoms. The summed E-state index contributed by atoms with van der Waals surface area (Å²) in [6, 6.07) is 7.98. The molecule has 0 aliphatic heterocycles. The highest BCUT2D eigenvalue weighted by Gasteiger charge is 2.41. The third kappa shape index (κ3) is 2.11. The van der Waals surface area contributed by atoms with Crippen LogP contribution >= 0.6 is 28.3 Å². The Kier molecular flexibility index (Phi) is 3.58. The van der Waals surface area contributed by atoms with Crippen molar-refractivity contribution in [3.05, 3.63) is 34.3 Å². The van der Waals surface area contributed by atoms with Crippen molar-refractivity contribution in [2.45, 2.75) is 24.5 Å². The molecule has 1 aliphatic rings. The molecule has 3 N–H and O–H groups in total. The van der Waals surface area contributed by atoms with Crippen molar-refractivity contribution >= 4 is 28.3 Å². The summed E-state index contributed by atoms with van der Waals surface area (Å²) < 4.78 is 1.06. The fourth-order valence-corrected chi connectivity index (χ4v) is 2.06. The van der Waals surface area contributed by atoms with Gasteiger partial charge in [-0.3, -0.25) is 0 Å². The lowest BCUT2D eigenvalue weighted by atomic mass is 9.71. The van der Waals surface area contributed by atoms with Gasteiger partial charge in [0, 0.05) is 10.0 Å². The molecule has 0 saturated heterocycles. The number of halogens is 2. The van der Waals surface area contributed by atoms with E-state index < -0.39 is 0 Å². The third-order valence-corrected chi connectivity index (χ3v) is 3.15. The predicted molar refractivity (Wildman–Crippen MR) is 62.5 cm³/mol. The number of hydrogen-bond donors (Lipinski definition) is 2. The summed E-state index contributed by atoms with van der Waals surface area (Å²) in [5.74, 6) is 0. The van der Waals surface area contributed by atoms with Crippen molar-refractivity contribution < 1.29 is 5.11 Å². The molecule has 1 aromatic rings. The molecule has 0 atom stereocenters. The Labute approximate surface area is 98.0 Å². The second kappa shape index (κ2) is 4.19. The van der Waals surface area contributed by atoms with Gasteiger partial charge in [-0.05, 0) is 30.5 Å². The van der Waals surface area contributed by atoms with Gasteiger partial charge in [0.1, 0.15) is 0 Å². The quantitative estimate of drug-likeness (QED) is 0.827. The molecule has 0 aromatic heterocycles. The second-order valence-corrected chi connectivity index (χ2v) is 4.64. The first-order valence-electron chi connectivity index (χ1n) is 4.33. The molecule has 1 fully saturated rings. The van der Waals surface area contributed by atoms with E-state index in [2.05, 4.69) is 15.9 Å². The van der Waals surface area contributed by atoms with Crippen LogP contribution in [-0.4, -0.2) is 11.2 Å². The summed E-state index contributed by atoms with van der Waals surface area (Å²) in [5.41, 5.74) is 6.91. The van der Waals surface area contributed by atoms with Crippen LogP contribution in [0.2, 0.25) is 0 Å². The van der Waals surface area contributed by atoms with Crippen LogP contribution in [0.5, 0.6) is 0 Å². The fourth-order valence-electron chi connectivity index (χ4n) is 1.80. The summed E-state index contributed by atoms with van der Waals surface area (Å²) in [4.78, 5) is 0. The van der Waals surface area contributed by atoms with Crippen LogP contribution in [0.15, 0.2) is 28.7 Å². The smallest absolute Gasteiger partial charge is 0.0582 e. The average Bonchev–Trinajstić information content (AvgIpc) is 2.03. The van der Waals surface area contributed by atoms with E-state index in [4.69, 9.17) is 5.73 Å². The van der Waals surface area contributed by atoms with Gasteiger partial charge in [0.15, 0.2) is 0 Å². The Bertz CT molecular complexity index is 308. The maximum absolute atomic E-state index is 9.21. The number of rotatable bonds is 1. The van der Waals surface area contributed by atoms with Gasteiger partial charge in [0.2, 0.25) is 0 Å². The molecule has 0 spiro atoms. The Hall–Kier alpha value is -0.0900. The minimum absolute atomic E-state index is 0. The van der Waals surface area contributed by atoms with E-state index in [9.17, 15) is 5.11 Å². The molecule has 0 bridgehead atoms. The van der Waals surface area contributed by atoms with E-state index >= 15 is 0 Å². The normalized spacial score (nSPS) is 30.4. The zero-order valence-electron chi connectivity index (χ0n) is 7.61. The zero-order chi connectivity index (χ0) is 9.47. The van der Waals surface area contributed by atoms with Gasteiger partial charge in [-0.15, -0.1) is 12.4 Å². The molecule has 1 aromatic carbocycles. The molecule has 14 heavy (non-hydrogen) atoms. The van der Waals surface area contributed by atoms with Gasteiger partial charge in [0.25, 0.3) is 0 Å². The minimum atomic E-state index is -0.292. The number of nitrogens with two attached hydrogens (primary N) is 1. The summed E-state index contributed by atoms with van der Waals surface area (Å²) in [7, 11) is 0. The third-order valence-electron chi connectivity index (χ3n) is 2.62. The van der Waals surface area contributed by atoms with Crippen molar-refractivity contribution in [3.8, 4) is 0 Å². The van der Waals surface area contributed by atoms with Crippen LogP contribution in [0, 0.1) is 0 Å². The Morgan fingerprint density at radius 1 is 1.29 bits per heavy atom. The maximum Gasteiger partial charge on any atom is 0.0582 e. The summed E-state index contributed by atoms with van der Waals surface area (Å²) in [5, 5.41) is 9.21. The van der Waals surface area contributed by atoms with Gasteiger partial charge in [-0.1, -0.05) is 28.1 Å². The van der Waals surface area contributed by atoms with Crippen molar-refractivity contribution in [2.75, 3.05) is 0 Å². The molecule has 1 saturated carbocycles. The van der Waals surface area contributed by atoms with E-state index in [1.807, 2.05) is 24.3 Å². The fraction of sp³-hybridized carbons (Fsp3) is 0.400. The van der Waals surface area contributed by atoms with Crippen molar-refractivity contribution in [1.82, 2.24) is 0 Å². The first-order chi connectivity index (χ1) is 6.10. The topological polar surface area (TPSA) is 46.2 Å². The maximum atomic E-state index is 9.21. The van der Waals surface area contributed by atoms with Crippen LogP contribution in [0.1, 0.15) is 18.4 Å². The monoisotopic (exact) mass is 277 g/mol. The summed E-state index contributed by atoms with van der Waals surface area (Å²) >= 11 is 3.37. The minimum Gasteiger partial charge on any atom is -0.393 e. The van der Waals surface area contributed by atoms with Crippen LogP contribution in [0.25, 0.3) is 0 Å². The molecule has 0 heterocycles. The summed E-state index contributed by atoms with van der Waals surface area (Å²) in [6.07, 6.45) is 1.14. The van der Waals surface area contributed by atoms with Crippen molar-refractivity contribution in [1.29, 1.82) is 0 Å². The average molecular weight is 279 g/mol. The lowest BCUT2D eigenvalue weighted by Gasteiger charge is -2.42. The number of aliphatic hydroxyl groups excluding tert-OH is 1. The summed E-state index contributed by atoms with van der Waals surface area (Å²) in [6.45, 7) is 0. The molecular weight excluding hydrogens is 265 g/mol. The largest absolute Gasteiger partial charge is 0.393 e. The van der Waals surface area contributed by atoms with Crippen LogP contribution in [0.4, 0.5) is 0 Å². The standard InChI is InChI=1S/C10H12BrNO.ClH/c11-8-3-1-7(2-4-8)10(12)5-9(13)6-10;/h1-4,9,13H,5-6,12H2;1H. The van der Waals surface area contributed by atoms with Gasteiger partial charge in [-0.25, -0.2) is 0 Å². The lowest BCUT2D eigenvalue weighted by molar-refractivity contribution is 0.0209. The van der Waals surface area contributed by atoms with Gasteiger partial charge in [-0.2, -0.15) is 0 Å². The van der Waals surface area contributed by atoms with Crippen molar-refractivity contribution in [3.63, 3.8) is 0 Å². The number of hydrogen-bond acceptors (Lipinski definition) is 2. The van der Waals surface area contributed by atoms with Crippen LogP contribution in [-0.2, 0) is 5.54 Å². The van der Waals surface area contributed by atoms with E-state index in [0.717, 1.165) is 10.0 Å². The van der Waals surface area contributed by atoms with E-state index in [1.165, 1.54) is 0 Å². The van der Waals surface area contributed by atoms with Crippen LogP contribution in [0.3, 0.4) is 0 Å².